The maximum Gasteiger partial charge on any atom is 0.417 e. The van der Waals surface area contributed by atoms with Gasteiger partial charge in [0, 0.05) is 12.1 Å². The number of H-pyrrole nitrogens is 1. The van der Waals surface area contributed by atoms with Crippen LogP contribution >= 0.6 is 0 Å². The number of oxazole rings is 1. The summed E-state index contributed by atoms with van der Waals surface area (Å²) in [5.74, 6) is -0.629. The Balaban J connectivity index is 2.07. The Morgan fingerprint density at radius 1 is 1.19 bits per heavy atom. The van der Waals surface area contributed by atoms with Crippen molar-refractivity contribution in [3.05, 3.63) is 52.5 Å². The molecule has 7 nitrogen and oxygen atoms in total. The maximum atomic E-state index is 11.4. The minimum Gasteiger partial charge on any atom is -0.454 e. The smallest absolute Gasteiger partial charge is 0.417 e. The molecule has 106 valence electrons. The fourth-order valence-corrected chi connectivity index (χ4v) is 1.96. The zero-order valence-corrected chi connectivity index (χ0v) is 10.8. The molecule has 1 heterocycles. The van der Waals surface area contributed by atoms with Crippen LogP contribution in [0.1, 0.15) is 10.4 Å². The van der Waals surface area contributed by atoms with Crippen LogP contribution < -0.4 is 22.0 Å². The summed E-state index contributed by atoms with van der Waals surface area (Å²) in [6.07, 6.45) is 0. The van der Waals surface area contributed by atoms with E-state index >= 15 is 0 Å². The predicted molar refractivity (Wildman–Crippen MR) is 76.3 cm³/mol. The lowest BCUT2D eigenvalue weighted by molar-refractivity contribution is 0.0998. The summed E-state index contributed by atoms with van der Waals surface area (Å²) >= 11 is 0. The second kappa shape index (κ2) is 4.71. The number of hydrogen-bond acceptors (Lipinski definition) is 5. The van der Waals surface area contributed by atoms with Crippen LogP contribution in [-0.2, 0) is 0 Å². The summed E-state index contributed by atoms with van der Waals surface area (Å²) in [4.78, 5) is 25.0. The third-order valence-corrected chi connectivity index (χ3v) is 2.92. The van der Waals surface area contributed by atoms with Crippen molar-refractivity contribution in [1.82, 2.24) is 4.98 Å². The Labute approximate surface area is 118 Å². The number of rotatable bonds is 3. The van der Waals surface area contributed by atoms with Gasteiger partial charge in [-0.15, -0.1) is 0 Å². The van der Waals surface area contributed by atoms with Gasteiger partial charge in [0.1, 0.15) is 5.75 Å². The Hall–Kier alpha value is -3.22. The highest BCUT2D eigenvalue weighted by Crippen LogP contribution is 2.32. The van der Waals surface area contributed by atoms with Gasteiger partial charge in [-0.25, -0.2) is 4.79 Å². The quantitative estimate of drug-likeness (QED) is 0.630. The fourth-order valence-electron chi connectivity index (χ4n) is 1.96. The molecule has 0 spiro atoms. The van der Waals surface area contributed by atoms with Gasteiger partial charge in [0.05, 0.1) is 16.8 Å². The van der Waals surface area contributed by atoms with Gasteiger partial charge in [-0.05, 0) is 12.1 Å². The summed E-state index contributed by atoms with van der Waals surface area (Å²) < 4.78 is 10.5. The third-order valence-electron chi connectivity index (χ3n) is 2.92. The molecular formula is C14H11N3O4. The van der Waals surface area contributed by atoms with Crippen LogP contribution in [0.15, 0.2) is 45.6 Å². The van der Waals surface area contributed by atoms with E-state index in [-0.39, 0.29) is 22.7 Å². The Bertz CT molecular complexity index is 895. The van der Waals surface area contributed by atoms with E-state index in [1.165, 1.54) is 12.1 Å². The first-order valence-corrected chi connectivity index (χ1v) is 6.03. The monoisotopic (exact) mass is 285 g/mol. The molecule has 0 unspecified atom stereocenters. The summed E-state index contributed by atoms with van der Waals surface area (Å²) in [6, 6.07) is 9.51. The number of nitrogen functional groups attached to an aromatic ring is 1. The lowest BCUT2D eigenvalue weighted by Crippen LogP contribution is -2.12. The molecule has 0 aliphatic rings. The molecule has 0 saturated heterocycles. The van der Waals surface area contributed by atoms with Crippen LogP contribution in [0.3, 0.4) is 0 Å². The number of anilines is 1. The molecule has 2 aromatic carbocycles. The van der Waals surface area contributed by atoms with Gasteiger partial charge >= 0.3 is 5.76 Å². The number of fused-ring (bicyclic) bond motifs is 1. The second-order valence-electron chi connectivity index (χ2n) is 4.36. The van der Waals surface area contributed by atoms with Crippen molar-refractivity contribution < 1.29 is 13.9 Å². The number of ether oxygens (including phenoxy) is 1. The highest BCUT2D eigenvalue weighted by Gasteiger charge is 2.13. The molecule has 0 bridgehead atoms. The van der Waals surface area contributed by atoms with Gasteiger partial charge in [0.25, 0.3) is 5.91 Å². The predicted octanol–water partition coefficient (Wildman–Crippen LogP) is 1.59. The van der Waals surface area contributed by atoms with E-state index in [2.05, 4.69) is 4.98 Å². The van der Waals surface area contributed by atoms with Gasteiger partial charge < -0.3 is 20.6 Å². The van der Waals surface area contributed by atoms with Crippen LogP contribution in [0, 0.1) is 0 Å². The number of carbonyl (C=O) groups is 1. The first kappa shape index (κ1) is 12.8. The lowest BCUT2D eigenvalue weighted by Gasteiger charge is -2.10. The van der Waals surface area contributed by atoms with Crippen LogP contribution in [-0.4, -0.2) is 10.9 Å². The van der Waals surface area contributed by atoms with E-state index in [1.807, 2.05) is 0 Å². The summed E-state index contributed by atoms with van der Waals surface area (Å²) in [5, 5.41) is 0. The lowest BCUT2D eigenvalue weighted by atomic mass is 10.2. The number of hydrogen-bond donors (Lipinski definition) is 3. The average molecular weight is 285 g/mol. The number of nitrogens with one attached hydrogen (secondary N) is 1. The number of aromatic amines is 1. The first-order valence-electron chi connectivity index (χ1n) is 6.03. The molecule has 5 N–H and O–H groups in total. The Morgan fingerprint density at radius 2 is 1.95 bits per heavy atom. The molecule has 1 aromatic heterocycles. The van der Waals surface area contributed by atoms with E-state index in [0.29, 0.717) is 11.1 Å². The topological polar surface area (TPSA) is 124 Å². The Morgan fingerprint density at radius 3 is 2.71 bits per heavy atom. The van der Waals surface area contributed by atoms with Crippen LogP contribution in [0.2, 0.25) is 0 Å². The molecule has 1 amide bonds. The van der Waals surface area contributed by atoms with E-state index in [1.54, 1.807) is 24.3 Å². The number of aromatic nitrogens is 1. The number of nitrogens with two attached hydrogens (primary N) is 2. The minimum atomic E-state index is -0.609. The van der Waals surface area contributed by atoms with Crippen molar-refractivity contribution in [2.75, 3.05) is 5.73 Å². The van der Waals surface area contributed by atoms with E-state index in [4.69, 9.17) is 20.6 Å². The van der Waals surface area contributed by atoms with E-state index in [0.717, 1.165) is 0 Å². The Kier molecular flexibility index (Phi) is 2.87. The minimum absolute atomic E-state index is 0.234. The number of primary amides is 1. The number of benzene rings is 2. The van der Waals surface area contributed by atoms with Crippen molar-refractivity contribution in [2.45, 2.75) is 0 Å². The fraction of sp³-hybridized carbons (Fsp3) is 0. The second-order valence-corrected chi connectivity index (χ2v) is 4.36. The highest BCUT2D eigenvalue weighted by molar-refractivity contribution is 5.95. The summed E-state index contributed by atoms with van der Waals surface area (Å²) in [5.41, 5.74) is 12.4. The van der Waals surface area contributed by atoms with Crippen LogP contribution in [0.25, 0.3) is 11.1 Å². The summed E-state index contributed by atoms with van der Waals surface area (Å²) in [6.45, 7) is 0. The largest absolute Gasteiger partial charge is 0.454 e. The maximum absolute atomic E-state index is 11.4. The molecule has 0 saturated carbocycles. The SMILES string of the molecule is NC(=O)c1ccccc1Oc1cc2[nH]c(=O)oc2cc1N. The van der Waals surface area contributed by atoms with Gasteiger partial charge in [-0.2, -0.15) is 0 Å². The van der Waals surface area contributed by atoms with Crippen molar-refractivity contribution in [2.24, 2.45) is 5.73 Å². The van der Waals surface area contributed by atoms with Crippen molar-refractivity contribution in [3.63, 3.8) is 0 Å². The van der Waals surface area contributed by atoms with Gasteiger partial charge in [0.15, 0.2) is 11.3 Å². The molecule has 0 radical (unpaired) electrons. The third kappa shape index (κ3) is 2.32. The molecule has 3 aromatic rings. The highest BCUT2D eigenvalue weighted by atomic mass is 16.5. The molecular weight excluding hydrogens is 274 g/mol. The normalized spacial score (nSPS) is 10.7. The average Bonchev–Trinajstić information content (AvgIpc) is 2.78. The molecule has 0 aliphatic carbocycles. The van der Waals surface area contributed by atoms with Gasteiger partial charge in [0.2, 0.25) is 0 Å². The van der Waals surface area contributed by atoms with Crippen LogP contribution in [0.4, 0.5) is 5.69 Å². The van der Waals surface area contributed by atoms with Crippen molar-refractivity contribution in [1.29, 1.82) is 0 Å². The number of amides is 1. The number of carbonyl (C=O) groups excluding carboxylic acids is 1. The van der Waals surface area contributed by atoms with Gasteiger partial charge in [-0.1, -0.05) is 12.1 Å². The van der Waals surface area contributed by atoms with Gasteiger partial charge in [-0.3, -0.25) is 9.78 Å². The molecule has 0 aliphatic heterocycles. The number of para-hydroxylation sites is 1. The molecule has 21 heavy (non-hydrogen) atoms. The standard InChI is InChI=1S/C14H11N3O4/c15-8-5-12-9(17-14(19)21-12)6-11(8)20-10-4-2-1-3-7(10)13(16)18/h1-6H,15H2,(H2,16,18)(H,17,19). The van der Waals surface area contributed by atoms with Crippen molar-refractivity contribution in [3.8, 4) is 11.5 Å². The summed E-state index contributed by atoms with van der Waals surface area (Å²) in [7, 11) is 0. The molecule has 3 rings (SSSR count). The zero-order valence-electron chi connectivity index (χ0n) is 10.8. The molecule has 0 atom stereocenters. The first-order chi connectivity index (χ1) is 10.0. The zero-order chi connectivity index (χ0) is 15.0. The molecule has 7 heteroatoms. The molecule has 0 fully saturated rings. The van der Waals surface area contributed by atoms with E-state index < -0.39 is 11.7 Å². The van der Waals surface area contributed by atoms with Crippen molar-refractivity contribution >= 4 is 22.7 Å². The van der Waals surface area contributed by atoms with Crippen LogP contribution in [0.5, 0.6) is 11.5 Å². The van der Waals surface area contributed by atoms with E-state index in [9.17, 15) is 9.59 Å².